The highest BCUT2D eigenvalue weighted by Crippen LogP contribution is 2.28. The first-order valence-electron chi connectivity index (χ1n) is 8.89. The zero-order chi connectivity index (χ0) is 16.8. The number of nitrogens with one attached hydrogen (secondary N) is 1. The molecule has 0 amide bonds. The quantitative estimate of drug-likeness (QED) is 0.289. The van der Waals surface area contributed by atoms with Crippen LogP contribution in [0.25, 0.3) is 0 Å². The van der Waals surface area contributed by atoms with E-state index in [2.05, 4.69) is 20.3 Å². The van der Waals surface area contributed by atoms with Gasteiger partial charge in [0.2, 0.25) is 0 Å². The van der Waals surface area contributed by atoms with E-state index in [-0.39, 0.29) is 30.1 Å². The van der Waals surface area contributed by atoms with E-state index in [1.54, 1.807) is 0 Å². The molecule has 25 heavy (non-hydrogen) atoms. The lowest BCUT2D eigenvalue weighted by Crippen LogP contribution is -2.48. The molecular formula is C17H30IN5O2. The predicted octanol–water partition coefficient (Wildman–Crippen LogP) is 1.80. The zero-order valence-corrected chi connectivity index (χ0v) is 17.5. The van der Waals surface area contributed by atoms with Gasteiger partial charge >= 0.3 is 0 Å². The number of guanidine groups is 1. The van der Waals surface area contributed by atoms with Crippen LogP contribution in [0.4, 0.5) is 0 Å². The van der Waals surface area contributed by atoms with Crippen molar-refractivity contribution in [2.45, 2.75) is 25.4 Å². The van der Waals surface area contributed by atoms with Crippen LogP contribution in [0.3, 0.4) is 0 Å². The minimum Gasteiger partial charge on any atom is -0.381 e. The number of aryl methyl sites for hydroxylation is 1. The van der Waals surface area contributed by atoms with Crippen LogP contribution < -0.4 is 5.32 Å². The molecule has 1 atom stereocenters. The van der Waals surface area contributed by atoms with Gasteiger partial charge in [-0.15, -0.1) is 24.0 Å². The fraction of sp³-hybridized carbons (Fsp3) is 0.765. The van der Waals surface area contributed by atoms with Crippen molar-refractivity contribution < 1.29 is 9.47 Å². The maximum Gasteiger partial charge on any atom is 0.193 e. The molecule has 1 aromatic heterocycles. The van der Waals surface area contributed by atoms with Crippen molar-refractivity contribution >= 4 is 29.9 Å². The SMILES string of the molecule is CN=C(NCCCOCC1CC1)N1CCOC(c2cnn(C)c2)C1.I. The molecule has 7 nitrogen and oxygen atoms in total. The third-order valence-electron chi connectivity index (χ3n) is 4.47. The molecule has 0 bridgehead atoms. The van der Waals surface area contributed by atoms with Gasteiger partial charge in [-0.25, -0.2) is 0 Å². The Kier molecular flexibility index (Phi) is 8.44. The van der Waals surface area contributed by atoms with Gasteiger partial charge in [0.25, 0.3) is 0 Å². The van der Waals surface area contributed by atoms with Crippen LogP contribution in [-0.2, 0) is 16.5 Å². The number of rotatable bonds is 7. The molecule has 1 unspecified atom stereocenters. The van der Waals surface area contributed by atoms with Gasteiger partial charge in [-0.05, 0) is 25.2 Å². The maximum absolute atomic E-state index is 5.89. The first kappa shape index (κ1) is 20.4. The van der Waals surface area contributed by atoms with Crippen molar-refractivity contribution in [3.63, 3.8) is 0 Å². The summed E-state index contributed by atoms with van der Waals surface area (Å²) in [5, 5.41) is 7.67. The predicted molar refractivity (Wildman–Crippen MR) is 108 cm³/mol. The van der Waals surface area contributed by atoms with E-state index in [0.29, 0.717) is 6.61 Å². The van der Waals surface area contributed by atoms with E-state index >= 15 is 0 Å². The third kappa shape index (κ3) is 6.41. The lowest BCUT2D eigenvalue weighted by molar-refractivity contribution is -0.00805. The summed E-state index contributed by atoms with van der Waals surface area (Å²) in [6.45, 7) is 4.99. The number of morpholine rings is 1. The Morgan fingerprint density at radius 2 is 2.32 bits per heavy atom. The molecular weight excluding hydrogens is 433 g/mol. The molecule has 2 aliphatic rings. The average molecular weight is 463 g/mol. The molecule has 0 spiro atoms. The number of aromatic nitrogens is 2. The highest BCUT2D eigenvalue weighted by molar-refractivity contribution is 14.0. The Hall–Kier alpha value is -0.870. The highest BCUT2D eigenvalue weighted by Gasteiger charge is 2.25. The van der Waals surface area contributed by atoms with E-state index in [4.69, 9.17) is 9.47 Å². The second-order valence-corrected chi connectivity index (χ2v) is 6.60. The topological polar surface area (TPSA) is 63.9 Å². The first-order chi connectivity index (χ1) is 11.8. The Balaban J connectivity index is 0.00000225. The smallest absolute Gasteiger partial charge is 0.193 e. The fourth-order valence-electron chi connectivity index (χ4n) is 2.89. The number of hydrogen-bond acceptors (Lipinski definition) is 4. The van der Waals surface area contributed by atoms with Gasteiger partial charge < -0.3 is 19.7 Å². The van der Waals surface area contributed by atoms with Gasteiger partial charge in [-0.2, -0.15) is 5.10 Å². The molecule has 1 saturated carbocycles. The number of ether oxygens (including phenoxy) is 2. The molecule has 0 aromatic carbocycles. The van der Waals surface area contributed by atoms with Crippen LogP contribution in [0, 0.1) is 5.92 Å². The molecule has 1 saturated heterocycles. The molecule has 142 valence electrons. The standard InChI is InChI=1S/C17H29N5O2.HI/c1-18-17(19-6-3-8-23-13-14-4-5-14)22-7-9-24-16(12-22)15-10-20-21(2)11-15;/h10-11,14,16H,3-9,12-13H2,1-2H3,(H,18,19);1H. The Morgan fingerprint density at radius 3 is 3.00 bits per heavy atom. The lowest BCUT2D eigenvalue weighted by Gasteiger charge is -2.34. The third-order valence-corrected chi connectivity index (χ3v) is 4.47. The van der Waals surface area contributed by atoms with Gasteiger partial charge in [0.15, 0.2) is 5.96 Å². The molecule has 2 fully saturated rings. The largest absolute Gasteiger partial charge is 0.381 e. The minimum absolute atomic E-state index is 0. The molecule has 0 radical (unpaired) electrons. The number of aliphatic imine (C=N–C) groups is 1. The van der Waals surface area contributed by atoms with Crippen LogP contribution in [0.1, 0.15) is 30.9 Å². The van der Waals surface area contributed by atoms with Crippen molar-refractivity contribution in [3.05, 3.63) is 18.0 Å². The summed E-state index contributed by atoms with van der Waals surface area (Å²) in [6, 6.07) is 0. The van der Waals surface area contributed by atoms with Crippen molar-refractivity contribution in [1.29, 1.82) is 0 Å². The average Bonchev–Trinajstić information content (AvgIpc) is 3.33. The second kappa shape index (κ2) is 10.3. The van der Waals surface area contributed by atoms with E-state index in [1.807, 2.05) is 31.2 Å². The summed E-state index contributed by atoms with van der Waals surface area (Å²) < 4.78 is 13.4. The van der Waals surface area contributed by atoms with Crippen LogP contribution >= 0.6 is 24.0 Å². The van der Waals surface area contributed by atoms with Gasteiger partial charge in [0, 0.05) is 52.2 Å². The van der Waals surface area contributed by atoms with E-state index in [1.165, 1.54) is 12.8 Å². The van der Waals surface area contributed by atoms with Crippen LogP contribution in [0.2, 0.25) is 0 Å². The highest BCUT2D eigenvalue weighted by atomic mass is 127. The van der Waals surface area contributed by atoms with Gasteiger partial charge in [-0.1, -0.05) is 0 Å². The molecule has 1 N–H and O–H groups in total. The normalized spacial score (nSPS) is 21.1. The summed E-state index contributed by atoms with van der Waals surface area (Å²) in [7, 11) is 3.76. The van der Waals surface area contributed by atoms with Crippen molar-refractivity contribution in [2.75, 3.05) is 46.5 Å². The summed E-state index contributed by atoms with van der Waals surface area (Å²) in [4.78, 5) is 6.67. The summed E-state index contributed by atoms with van der Waals surface area (Å²) in [5.74, 6) is 1.78. The summed E-state index contributed by atoms with van der Waals surface area (Å²) >= 11 is 0. The molecule has 1 aromatic rings. The molecule has 3 rings (SSSR count). The van der Waals surface area contributed by atoms with Gasteiger partial charge in [0.05, 0.1) is 19.3 Å². The van der Waals surface area contributed by atoms with E-state index in [0.717, 1.165) is 56.7 Å². The molecule has 2 heterocycles. The minimum atomic E-state index is 0. The van der Waals surface area contributed by atoms with E-state index in [9.17, 15) is 0 Å². The van der Waals surface area contributed by atoms with Crippen LogP contribution in [0.5, 0.6) is 0 Å². The number of halogens is 1. The summed E-state index contributed by atoms with van der Waals surface area (Å²) in [5.41, 5.74) is 1.12. The maximum atomic E-state index is 5.89. The monoisotopic (exact) mass is 463 g/mol. The molecule has 1 aliphatic heterocycles. The van der Waals surface area contributed by atoms with Crippen LogP contribution in [-0.4, -0.2) is 67.1 Å². The van der Waals surface area contributed by atoms with Crippen molar-refractivity contribution in [3.8, 4) is 0 Å². The number of hydrogen-bond donors (Lipinski definition) is 1. The molecule has 8 heteroatoms. The van der Waals surface area contributed by atoms with Gasteiger partial charge in [0.1, 0.15) is 6.10 Å². The fourth-order valence-corrected chi connectivity index (χ4v) is 2.89. The number of nitrogens with zero attached hydrogens (tertiary/aromatic N) is 4. The Morgan fingerprint density at radius 1 is 1.48 bits per heavy atom. The Bertz CT molecular complexity index is 547. The Labute approximate surface area is 167 Å². The van der Waals surface area contributed by atoms with Gasteiger partial charge in [-0.3, -0.25) is 9.67 Å². The molecule has 1 aliphatic carbocycles. The van der Waals surface area contributed by atoms with E-state index < -0.39 is 0 Å². The van der Waals surface area contributed by atoms with Crippen molar-refractivity contribution in [2.24, 2.45) is 18.0 Å². The second-order valence-electron chi connectivity index (χ2n) is 6.60. The summed E-state index contributed by atoms with van der Waals surface area (Å²) in [6.07, 6.45) is 7.64. The lowest BCUT2D eigenvalue weighted by atomic mass is 10.1. The van der Waals surface area contributed by atoms with Crippen LogP contribution in [0.15, 0.2) is 17.4 Å². The van der Waals surface area contributed by atoms with Crippen molar-refractivity contribution in [1.82, 2.24) is 20.0 Å². The zero-order valence-electron chi connectivity index (χ0n) is 15.2. The first-order valence-corrected chi connectivity index (χ1v) is 8.89.